The van der Waals surface area contributed by atoms with Crippen LogP contribution in [0.15, 0.2) is 23.1 Å². The monoisotopic (exact) mass is 467 g/mol. The van der Waals surface area contributed by atoms with Gasteiger partial charge in [0.15, 0.2) is 0 Å². The van der Waals surface area contributed by atoms with Gasteiger partial charge in [0.05, 0.1) is 48.0 Å². The number of fused-ring (bicyclic) bond motifs is 4. The van der Waals surface area contributed by atoms with Crippen LogP contribution in [0.5, 0.6) is 5.75 Å². The van der Waals surface area contributed by atoms with E-state index in [0.29, 0.717) is 55.2 Å². The zero-order valence-electron chi connectivity index (χ0n) is 18.1. The second-order valence-electron chi connectivity index (χ2n) is 8.94. The van der Waals surface area contributed by atoms with Crippen molar-refractivity contribution in [2.45, 2.75) is 22.9 Å². The lowest BCUT2D eigenvalue weighted by Gasteiger charge is -2.45. The standard InChI is InChI=1S/C23H25N5O4S/c1-2-15-3-4-18-19(9-15)32-11-16-10-27(6-7-28(16)18)22-24-17-5-8-33(30)20(17)21(25-22)26-23(12-29)13-31-14-23/h1,3-4,9,16,29H,5-8,10-14H2,(H,24,25,26). The maximum atomic E-state index is 12.7. The first kappa shape index (κ1) is 20.7. The molecule has 33 heavy (non-hydrogen) atoms. The number of hydrogen-bond donors (Lipinski definition) is 2. The second kappa shape index (κ2) is 7.87. The summed E-state index contributed by atoms with van der Waals surface area (Å²) in [7, 11) is -1.14. The molecule has 172 valence electrons. The average molecular weight is 468 g/mol. The molecule has 2 unspecified atom stereocenters. The fourth-order valence-corrected chi connectivity index (χ4v) is 6.16. The fourth-order valence-electron chi connectivity index (χ4n) is 4.85. The summed E-state index contributed by atoms with van der Waals surface area (Å²) in [5.74, 6) is 5.21. The van der Waals surface area contributed by atoms with Crippen LogP contribution in [-0.2, 0) is 22.0 Å². The van der Waals surface area contributed by atoms with Crippen LogP contribution in [-0.4, -0.2) is 82.7 Å². The molecule has 0 saturated carbocycles. The average Bonchev–Trinajstić information content (AvgIpc) is 3.21. The Morgan fingerprint density at radius 3 is 2.97 bits per heavy atom. The first-order valence-corrected chi connectivity index (χ1v) is 12.4. The zero-order chi connectivity index (χ0) is 22.6. The summed E-state index contributed by atoms with van der Waals surface area (Å²) in [4.78, 5) is 14.8. The zero-order valence-corrected chi connectivity index (χ0v) is 18.9. The van der Waals surface area contributed by atoms with Crippen molar-refractivity contribution in [3.05, 3.63) is 29.5 Å². The maximum Gasteiger partial charge on any atom is 0.227 e. The Morgan fingerprint density at radius 1 is 1.33 bits per heavy atom. The van der Waals surface area contributed by atoms with E-state index in [-0.39, 0.29) is 12.6 Å². The van der Waals surface area contributed by atoms with Crippen LogP contribution in [0, 0.1) is 12.3 Å². The number of aliphatic hydroxyl groups excluding tert-OH is 1. The molecule has 2 saturated heterocycles. The minimum absolute atomic E-state index is 0.0768. The van der Waals surface area contributed by atoms with Crippen LogP contribution < -0.4 is 19.9 Å². The van der Waals surface area contributed by atoms with Crippen molar-refractivity contribution in [1.29, 1.82) is 0 Å². The summed E-state index contributed by atoms with van der Waals surface area (Å²) >= 11 is 0. The largest absolute Gasteiger partial charge is 0.489 e. The van der Waals surface area contributed by atoms with Gasteiger partial charge in [0.1, 0.15) is 28.6 Å². The van der Waals surface area contributed by atoms with Crippen molar-refractivity contribution in [1.82, 2.24) is 9.97 Å². The molecule has 1 aromatic carbocycles. The Kier molecular flexibility index (Phi) is 4.94. The molecule has 0 amide bonds. The number of nitrogens with zero attached hydrogens (tertiary/aromatic N) is 4. The number of ether oxygens (including phenoxy) is 2. The van der Waals surface area contributed by atoms with Crippen molar-refractivity contribution >= 4 is 28.3 Å². The van der Waals surface area contributed by atoms with Crippen molar-refractivity contribution in [2.24, 2.45) is 0 Å². The van der Waals surface area contributed by atoms with E-state index in [0.717, 1.165) is 35.8 Å². The number of aromatic nitrogens is 2. The van der Waals surface area contributed by atoms with Gasteiger partial charge in [-0.3, -0.25) is 4.21 Å². The first-order valence-electron chi connectivity index (χ1n) is 11.1. The van der Waals surface area contributed by atoms with Gasteiger partial charge in [0, 0.05) is 37.4 Å². The van der Waals surface area contributed by atoms with Crippen LogP contribution in [0.1, 0.15) is 11.3 Å². The highest BCUT2D eigenvalue weighted by Crippen LogP contribution is 2.37. The van der Waals surface area contributed by atoms with Crippen molar-refractivity contribution in [3.63, 3.8) is 0 Å². The summed E-state index contributed by atoms with van der Waals surface area (Å²) in [6, 6.07) is 6.06. The highest BCUT2D eigenvalue weighted by Gasteiger charge is 2.41. The number of aryl methyl sites for hydroxylation is 1. The van der Waals surface area contributed by atoms with E-state index in [9.17, 15) is 9.32 Å². The normalized spacial score (nSPS) is 24.6. The molecule has 2 fully saturated rings. The van der Waals surface area contributed by atoms with E-state index in [1.54, 1.807) is 0 Å². The summed E-state index contributed by atoms with van der Waals surface area (Å²) in [5, 5.41) is 13.2. The fraction of sp³-hybridized carbons (Fsp3) is 0.478. The first-order chi connectivity index (χ1) is 16.1. The molecule has 1 aromatic heterocycles. The van der Waals surface area contributed by atoms with Gasteiger partial charge in [0.25, 0.3) is 0 Å². The number of rotatable bonds is 4. The predicted molar refractivity (Wildman–Crippen MR) is 124 cm³/mol. The molecule has 4 aliphatic heterocycles. The second-order valence-corrected chi connectivity index (χ2v) is 10.4. The van der Waals surface area contributed by atoms with E-state index >= 15 is 0 Å². The van der Waals surface area contributed by atoms with Crippen molar-refractivity contribution < 1.29 is 18.8 Å². The molecule has 2 aromatic rings. The highest BCUT2D eigenvalue weighted by molar-refractivity contribution is 7.85. The molecule has 2 atom stereocenters. The van der Waals surface area contributed by atoms with Gasteiger partial charge in [-0.05, 0) is 18.2 Å². The Morgan fingerprint density at radius 2 is 2.21 bits per heavy atom. The molecule has 2 N–H and O–H groups in total. The lowest BCUT2D eigenvalue weighted by molar-refractivity contribution is -0.0653. The molecular weight excluding hydrogens is 442 g/mol. The van der Waals surface area contributed by atoms with E-state index in [2.05, 4.69) is 21.0 Å². The SMILES string of the molecule is C#Cc1ccc2c(c1)OCC1CN(c3nc4c(c(NC5(CO)COC5)n3)S(=O)CC4)CCN21. The minimum atomic E-state index is -1.14. The topological polar surface area (TPSA) is 100 Å². The van der Waals surface area contributed by atoms with Gasteiger partial charge in [-0.25, -0.2) is 4.98 Å². The van der Waals surface area contributed by atoms with Gasteiger partial charge in [-0.2, -0.15) is 4.98 Å². The third kappa shape index (κ3) is 3.42. The number of nitrogens with one attached hydrogen (secondary N) is 1. The highest BCUT2D eigenvalue weighted by atomic mass is 32.2. The van der Waals surface area contributed by atoms with Crippen molar-refractivity contribution in [3.8, 4) is 18.1 Å². The molecule has 6 rings (SSSR count). The number of benzene rings is 1. The van der Waals surface area contributed by atoms with E-state index in [4.69, 9.17) is 25.9 Å². The Bertz CT molecular complexity index is 1170. The Hall–Kier alpha value is -2.87. The van der Waals surface area contributed by atoms with Gasteiger partial charge >= 0.3 is 0 Å². The molecule has 5 heterocycles. The minimum Gasteiger partial charge on any atom is -0.489 e. The van der Waals surface area contributed by atoms with E-state index < -0.39 is 16.3 Å². The quantitative estimate of drug-likeness (QED) is 0.618. The van der Waals surface area contributed by atoms with E-state index in [1.807, 2.05) is 18.2 Å². The molecule has 4 aliphatic rings. The maximum absolute atomic E-state index is 12.7. The number of hydrogen-bond acceptors (Lipinski definition) is 9. The third-order valence-corrected chi connectivity index (χ3v) is 8.21. The summed E-state index contributed by atoms with van der Waals surface area (Å²) in [5.41, 5.74) is 2.12. The number of anilines is 3. The third-order valence-electron chi connectivity index (χ3n) is 6.75. The number of piperazine rings is 1. The van der Waals surface area contributed by atoms with Gasteiger partial charge in [-0.15, -0.1) is 6.42 Å². The Balaban J connectivity index is 1.28. The lowest BCUT2D eigenvalue weighted by Crippen LogP contribution is -2.59. The summed E-state index contributed by atoms with van der Waals surface area (Å²) in [6.07, 6.45) is 6.19. The van der Waals surface area contributed by atoms with Crippen LogP contribution >= 0.6 is 0 Å². The van der Waals surface area contributed by atoms with Gasteiger partial charge in [0.2, 0.25) is 5.95 Å². The van der Waals surface area contributed by atoms with Gasteiger partial charge < -0.3 is 29.7 Å². The lowest BCUT2D eigenvalue weighted by atomic mass is 9.99. The molecule has 0 radical (unpaired) electrons. The summed E-state index contributed by atoms with van der Waals surface area (Å²) < 4.78 is 24.0. The van der Waals surface area contributed by atoms with Crippen LogP contribution in [0.25, 0.3) is 0 Å². The van der Waals surface area contributed by atoms with Crippen LogP contribution in [0.2, 0.25) is 0 Å². The summed E-state index contributed by atoms with van der Waals surface area (Å²) in [6.45, 7) is 3.54. The number of terminal acetylenes is 1. The smallest absolute Gasteiger partial charge is 0.227 e. The predicted octanol–water partition coefficient (Wildman–Crippen LogP) is 0.382. The number of aliphatic hydroxyl groups is 1. The van der Waals surface area contributed by atoms with Gasteiger partial charge in [-0.1, -0.05) is 5.92 Å². The van der Waals surface area contributed by atoms with Crippen LogP contribution in [0.4, 0.5) is 17.5 Å². The van der Waals surface area contributed by atoms with Crippen LogP contribution in [0.3, 0.4) is 0 Å². The molecule has 0 spiro atoms. The van der Waals surface area contributed by atoms with Crippen molar-refractivity contribution in [2.75, 3.05) is 66.9 Å². The van der Waals surface area contributed by atoms with E-state index in [1.165, 1.54) is 0 Å². The Labute approximate surface area is 194 Å². The molecule has 10 heteroatoms. The molecular formula is C23H25N5O4S. The molecule has 0 bridgehead atoms. The molecule has 9 nitrogen and oxygen atoms in total. The molecule has 0 aliphatic carbocycles.